The minimum Gasteiger partial charge on any atom is -0.493 e. The molecule has 31 heavy (non-hydrogen) atoms. The second-order valence-electron chi connectivity index (χ2n) is 6.85. The summed E-state index contributed by atoms with van der Waals surface area (Å²) >= 11 is 1.17. The molecule has 0 atom stereocenters. The van der Waals surface area contributed by atoms with Crippen molar-refractivity contribution in [1.29, 1.82) is 5.26 Å². The predicted octanol–water partition coefficient (Wildman–Crippen LogP) is 4.24. The summed E-state index contributed by atoms with van der Waals surface area (Å²) in [6.07, 6.45) is 0.608. The lowest BCUT2D eigenvalue weighted by molar-refractivity contribution is 0.0959. The number of nitrogen functional groups attached to an aromatic ring is 1. The second-order valence-corrected chi connectivity index (χ2v) is 7.87. The molecule has 0 aliphatic rings. The Hall–Kier alpha value is -3.70. The summed E-state index contributed by atoms with van der Waals surface area (Å²) in [5, 5.41) is 16.1. The van der Waals surface area contributed by atoms with Gasteiger partial charge < -0.3 is 25.8 Å². The molecule has 0 aliphatic heterocycles. The first kappa shape index (κ1) is 22.0. The van der Waals surface area contributed by atoms with E-state index in [1.807, 2.05) is 49.4 Å². The van der Waals surface area contributed by atoms with Crippen LogP contribution in [0.25, 0.3) is 0 Å². The standard InChI is InChI=1S/C23H24N4O3S/c1-14-4-7-16(8-5-14)27-23-17(13-24)20(25)21(31-23)22(28)26-11-10-15-6-9-18(29-2)19(12-15)30-3/h4-9,12,27H,10-11,25H2,1-3H3,(H,26,28). The van der Waals surface area contributed by atoms with Crippen molar-refractivity contribution in [2.75, 3.05) is 31.8 Å². The zero-order valence-corrected chi connectivity index (χ0v) is 18.4. The lowest BCUT2D eigenvalue weighted by Gasteiger charge is -2.10. The van der Waals surface area contributed by atoms with Gasteiger partial charge in [-0.05, 0) is 43.2 Å². The van der Waals surface area contributed by atoms with E-state index in [1.165, 1.54) is 11.3 Å². The summed E-state index contributed by atoms with van der Waals surface area (Å²) in [4.78, 5) is 13.0. The molecule has 0 spiro atoms. The quantitative estimate of drug-likeness (QED) is 0.487. The monoisotopic (exact) mass is 436 g/mol. The van der Waals surface area contributed by atoms with Gasteiger partial charge in [0.2, 0.25) is 0 Å². The molecule has 0 unspecified atom stereocenters. The molecule has 0 fully saturated rings. The smallest absolute Gasteiger partial charge is 0.263 e. The normalized spacial score (nSPS) is 10.3. The third-order valence-corrected chi connectivity index (χ3v) is 5.84. The summed E-state index contributed by atoms with van der Waals surface area (Å²) in [5.41, 5.74) is 9.51. The zero-order chi connectivity index (χ0) is 22.4. The van der Waals surface area contributed by atoms with Gasteiger partial charge in [-0.2, -0.15) is 5.26 Å². The van der Waals surface area contributed by atoms with Gasteiger partial charge in [-0.1, -0.05) is 23.8 Å². The molecule has 3 rings (SSSR count). The molecule has 0 bridgehead atoms. The van der Waals surface area contributed by atoms with E-state index in [4.69, 9.17) is 15.2 Å². The van der Waals surface area contributed by atoms with E-state index in [1.54, 1.807) is 14.2 Å². The third kappa shape index (κ3) is 5.08. The van der Waals surface area contributed by atoms with Gasteiger partial charge in [0.25, 0.3) is 5.91 Å². The highest BCUT2D eigenvalue weighted by Gasteiger charge is 2.21. The Bertz CT molecular complexity index is 1120. The molecular weight excluding hydrogens is 412 g/mol. The number of thiophene rings is 1. The van der Waals surface area contributed by atoms with Gasteiger partial charge in [0.1, 0.15) is 21.5 Å². The summed E-state index contributed by atoms with van der Waals surface area (Å²) in [7, 11) is 3.17. The minimum atomic E-state index is -0.309. The molecule has 1 heterocycles. The second kappa shape index (κ2) is 9.87. The van der Waals surface area contributed by atoms with Gasteiger partial charge in [-0.25, -0.2) is 0 Å². The number of nitrogens with zero attached hydrogens (tertiary/aromatic N) is 1. The number of methoxy groups -OCH3 is 2. The molecule has 1 aromatic heterocycles. The molecule has 0 radical (unpaired) electrons. The van der Waals surface area contributed by atoms with Gasteiger partial charge in [0, 0.05) is 12.2 Å². The van der Waals surface area contributed by atoms with E-state index in [0.29, 0.717) is 34.3 Å². The number of benzene rings is 2. The van der Waals surface area contributed by atoms with Crippen LogP contribution in [0.1, 0.15) is 26.4 Å². The van der Waals surface area contributed by atoms with E-state index in [0.717, 1.165) is 16.8 Å². The summed E-state index contributed by atoms with van der Waals surface area (Å²) in [6.45, 7) is 2.41. The van der Waals surface area contributed by atoms with Crippen LogP contribution in [0.15, 0.2) is 42.5 Å². The first-order valence-electron chi connectivity index (χ1n) is 9.62. The fourth-order valence-electron chi connectivity index (χ4n) is 3.02. The van der Waals surface area contributed by atoms with Gasteiger partial charge in [-0.15, -0.1) is 11.3 Å². The number of ether oxygens (including phenoxy) is 2. The van der Waals surface area contributed by atoms with Crippen LogP contribution in [0.3, 0.4) is 0 Å². The van der Waals surface area contributed by atoms with E-state index < -0.39 is 0 Å². The molecule has 4 N–H and O–H groups in total. The summed E-state index contributed by atoms with van der Waals surface area (Å²) in [5.74, 6) is 0.982. The number of nitrogens with two attached hydrogens (primary N) is 1. The molecular formula is C23H24N4O3S. The summed E-state index contributed by atoms with van der Waals surface area (Å²) in [6, 6.07) is 15.5. The molecule has 0 aliphatic carbocycles. The Morgan fingerprint density at radius 2 is 1.84 bits per heavy atom. The number of anilines is 3. The van der Waals surface area contributed by atoms with Gasteiger partial charge >= 0.3 is 0 Å². The first-order chi connectivity index (χ1) is 15.0. The number of amides is 1. The highest BCUT2D eigenvalue weighted by molar-refractivity contribution is 7.19. The Morgan fingerprint density at radius 3 is 2.48 bits per heavy atom. The van der Waals surface area contributed by atoms with E-state index >= 15 is 0 Å². The van der Waals surface area contributed by atoms with Crippen molar-refractivity contribution < 1.29 is 14.3 Å². The van der Waals surface area contributed by atoms with Crippen molar-refractivity contribution >= 4 is 33.6 Å². The van der Waals surface area contributed by atoms with Crippen molar-refractivity contribution in [2.24, 2.45) is 0 Å². The number of hydrogen-bond donors (Lipinski definition) is 3. The lowest BCUT2D eigenvalue weighted by atomic mass is 10.1. The van der Waals surface area contributed by atoms with Crippen molar-refractivity contribution in [3.8, 4) is 17.6 Å². The van der Waals surface area contributed by atoms with Gasteiger partial charge in [-0.3, -0.25) is 4.79 Å². The van der Waals surface area contributed by atoms with Crippen LogP contribution in [-0.2, 0) is 6.42 Å². The highest BCUT2D eigenvalue weighted by atomic mass is 32.1. The Balaban J connectivity index is 1.68. The Kier molecular flexibility index (Phi) is 7.00. The van der Waals surface area contributed by atoms with Crippen LogP contribution in [0.4, 0.5) is 16.4 Å². The van der Waals surface area contributed by atoms with Crippen LogP contribution >= 0.6 is 11.3 Å². The zero-order valence-electron chi connectivity index (χ0n) is 17.6. The topological polar surface area (TPSA) is 109 Å². The fourth-order valence-corrected chi connectivity index (χ4v) is 4.02. The van der Waals surface area contributed by atoms with Crippen LogP contribution in [0.5, 0.6) is 11.5 Å². The number of hydrogen-bond acceptors (Lipinski definition) is 7. The van der Waals surface area contributed by atoms with Crippen LogP contribution in [0.2, 0.25) is 0 Å². The molecule has 2 aromatic carbocycles. The lowest BCUT2D eigenvalue weighted by Crippen LogP contribution is -2.25. The van der Waals surface area contributed by atoms with Crippen LogP contribution in [-0.4, -0.2) is 26.7 Å². The molecule has 7 nitrogen and oxygen atoms in total. The molecule has 0 saturated carbocycles. The average Bonchev–Trinajstić information content (AvgIpc) is 3.10. The van der Waals surface area contributed by atoms with Gasteiger partial charge in [0.05, 0.1) is 19.9 Å². The molecule has 3 aromatic rings. The Labute approximate surface area is 185 Å². The number of nitrogens with one attached hydrogen (secondary N) is 2. The molecule has 0 saturated heterocycles. The first-order valence-corrected chi connectivity index (χ1v) is 10.4. The molecule has 1 amide bonds. The molecule has 160 valence electrons. The van der Waals surface area contributed by atoms with Crippen molar-refractivity contribution in [3.05, 3.63) is 64.0 Å². The van der Waals surface area contributed by atoms with Crippen molar-refractivity contribution in [3.63, 3.8) is 0 Å². The highest BCUT2D eigenvalue weighted by Crippen LogP contribution is 2.37. The van der Waals surface area contributed by atoms with E-state index in [-0.39, 0.29) is 17.2 Å². The number of carbonyl (C=O) groups is 1. The van der Waals surface area contributed by atoms with Crippen LogP contribution in [0, 0.1) is 18.3 Å². The maximum Gasteiger partial charge on any atom is 0.263 e. The van der Waals surface area contributed by atoms with Crippen molar-refractivity contribution in [2.45, 2.75) is 13.3 Å². The maximum absolute atomic E-state index is 12.7. The fraction of sp³-hybridized carbons (Fsp3) is 0.217. The number of nitriles is 1. The number of aryl methyl sites for hydroxylation is 1. The predicted molar refractivity (Wildman–Crippen MR) is 123 cm³/mol. The largest absolute Gasteiger partial charge is 0.493 e. The minimum absolute atomic E-state index is 0.186. The third-order valence-electron chi connectivity index (χ3n) is 4.72. The van der Waals surface area contributed by atoms with E-state index in [9.17, 15) is 10.1 Å². The Morgan fingerprint density at radius 1 is 1.13 bits per heavy atom. The van der Waals surface area contributed by atoms with Gasteiger partial charge in [0.15, 0.2) is 11.5 Å². The number of carbonyl (C=O) groups excluding carboxylic acids is 1. The SMILES string of the molecule is COc1ccc(CCNC(=O)c2sc(Nc3ccc(C)cc3)c(C#N)c2N)cc1OC. The van der Waals surface area contributed by atoms with Crippen molar-refractivity contribution in [1.82, 2.24) is 5.32 Å². The van der Waals surface area contributed by atoms with E-state index in [2.05, 4.69) is 16.7 Å². The average molecular weight is 437 g/mol. The molecule has 8 heteroatoms. The van der Waals surface area contributed by atoms with Crippen LogP contribution < -0.4 is 25.8 Å². The number of rotatable bonds is 8. The summed E-state index contributed by atoms with van der Waals surface area (Å²) < 4.78 is 10.5. The maximum atomic E-state index is 12.7.